The first-order valence-corrected chi connectivity index (χ1v) is 6.83. The number of ether oxygens (including phenoxy) is 2. The van der Waals surface area contributed by atoms with E-state index in [2.05, 4.69) is 0 Å². The maximum absolute atomic E-state index is 6.15. The highest BCUT2D eigenvalue weighted by atomic mass is 35.5. The molecule has 5 heteroatoms. The summed E-state index contributed by atoms with van der Waals surface area (Å²) in [6.45, 7) is 0.694. The summed E-state index contributed by atoms with van der Waals surface area (Å²) in [4.78, 5) is 0. The minimum absolute atomic E-state index is 0.313. The van der Waals surface area contributed by atoms with Crippen molar-refractivity contribution >= 4 is 23.2 Å². The molecule has 0 aliphatic heterocycles. The molecule has 0 unspecified atom stereocenters. The molecule has 0 spiro atoms. The van der Waals surface area contributed by atoms with Gasteiger partial charge in [-0.3, -0.25) is 0 Å². The fourth-order valence-electron chi connectivity index (χ4n) is 1.84. The van der Waals surface area contributed by atoms with Crippen LogP contribution in [-0.2, 0) is 13.2 Å². The quantitative estimate of drug-likeness (QED) is 0.906. The van der Waals surface area contributed by atoms with Crippen molar-refractivity contribution in [3.8, 4) is 11.5 Å². The maximum atomic E-state index is 6.15. The maximum Gasteiger partial charge on any atom is 0.142 e. The van der Waals surface area contributed by atoms with Crippen LogP contribution < -0.4 is 15.2 Å². The Bertz CT molecular complexity index is 602. The molecule has 0 fully saturated rings. The zero-order chi connectivity index (χ0) is 14.5. The second-order valence-electron chi connectivity index (χ2n) is 4.22. The van der Waals surface area contributed by atoms with Crippen LogP contribution in [0.15, 0.2) is 36.4 Å². The van der Waals surface area contributed by atoms with E-state index in [0.29, 0.717) is 28.9 Å². The fraction of sp³-hybridized carbons (Fsp3) is 0.200. The number of methoxy groups -OCH3 is 1. The summed E-state index contributed by atoms with van der Waals surface area (Å²) in [5, 5.41) is 1.00. The highest BCUT2D eigenvalue weighted by molar-refractivity contribution is 6.35. The molecule has 0 saturated carbocycles. The summed E-state index contributed by atoms with van der Waals surface area (Å²) >= 11 is 12.1. The molecule has 0 radical (unpaired) electrons. The van der Waals surface area contributed by atoms with Crippen LogP contribution in [0, 0.1) is 0 Å². The van der Waals surface area contributed by atoms with Gasteiger partial charge in [-0.15, -0.1) is 0 Å². The molecule has 106 valence electrons. The smallest absolute Gasteiger partial charge is 0.142 e. The van der Waals surface area contributed by atoms with Crippen LogP contribution in [0.25, 0.3) is 0 Å². The van der Waals surface area contributed by atoms with Crippen molar-refractivity contribution in [2.24, 2.45) is 5.73 Å². The Kier molecular flexibility index (Phi) is 5.12. The van der Waals surface area contributed by atoms with Crippen LogP contribution in [0.4, 0.5) is 0 Å². The van der Waals surface area contributed by atoms with E-state index in [1.807, 2.05) is 24.3 Å². The predicted molar refractivity (Wildman–Crippen MR) is 81.7 cm³/mol. The zero-order valence-corrected chi connectivity index (χ0v) is 12.5. The van der Waals surface area contributed by atoms with Gasteiger partial charge in [0.1, 0.15) is 18.1 Å². The molecular formula is C15H15Cl2NO2. The summed E-state index contributed by atoms with van der Waals surface area (Å²) in [5.74, 6) is 1.36. The Hall–Kier alpha value is -1.42. The van der Waals surface area contributed by atoms with Gasteiger partial charge in [-0.05, 0) is 29.8 Å². The van der Waals surface area contributed by atoms with Crippen LogP contribution in [-0.4, -0.2) is 7.11 Å². The Balaban J connectivity index is 2.18. The number of hydrogen-bond acceptors (Lipinski definition) is 3. The molecule has 0 aliphatic rings. The van der Waals surface area contributed by atoms with E-state index in [9.17, 15) is 0 Å². The lowest BCUT2D eigenvalue weighted by Gasteiger charge is -2.13. The minimum Gasteiger partial charge on any atom is -0.497 e. The fourth-order valence-corrected chi connectivity index (χ4v) is 2.43. The van der Waals surface area contributed by atoms with Crippen molar-refractivity contribution in [1.29, 1.82) is 0 Å². The SMILES string of the molecule is COc1cccc(COc2c(Cl)cc(Cl)cc2CN)c1. The molecule has 20 heavy (non-hydrogen) atoms. The van der Waals surface area contributed by atoms with Crippen molar-refractivity contribution < 1.29 is 9.47 Å². The van der Waals surface area contributed by atoms with Crippen LogP contribution in [0.3, 0.4) is 0 Å². The number of rotatable bonds is 5. The van der Waals surface area contributed by atoms with Crippen molar-refractivity contribution in [3.63, 3.8) is 0 Å². The van der Waals surface area contributed by atoms with E-state index in [0.717, 1.165) is 16.9 Å². The monoisotopic (exact) mass is 311 g/mol. The highest BCUT2D eigenvalue weighted by Gasteiger charge is 2.10. The molecule has 2 rings (SSSR count). The first kappa shape index (κ1) is 15.0. The minimum atomic E-state index is 0.313. The average molecular weight is 312 g/mol. The Labute approximate surface area is 128 Å². The van der Waals surface area contributed by atoms with Crippen LogP contribution in [0.1, 0.15) is 11.1 Å². The first-order valence-electron chi connectivity index (χ1n) is 6.07. The van der Waals surface area contributed by atoms with Crippen molar-refractivity contribution in [2.75, 3.05) is 7.11 Å². The lowest BCUT2D eigenvalue weighted by Crippen LogP contribution is -2.03. The van der Waals surface area contributed by atoms with Gasteiger partial charge in [0.25, 0.3) is 0 Å². The molecule has 0 bridgehead atoms. The van der Waals surface area contributed by atoms with Gasteiger partial charge in [0.05, 0.1) is 12.1 Å². The predicted octanol–water partition coefficient (Wildman–Crippen LogP) is 4.04. The van der Waals surface area contributed by atoms with E-state index in [-0.39, 0.29) is 0 Å². The second-order valence-corrected chi connectivity index (χ2v) is 5.06. The molecule has 0 amide bonds. The molecule has 2 aromatic rings. The third-order valence-corrected chi connectivity index (χ3v) is 3.32. The number of halogens is 2. The van der Waals surface area contributed by atoms with E-state index >= 15 is 0 Å². The van der Waals surface area contributed by atoms with E-state index in [1.54, 1.807) is 19.2 Å². The summed E-state index contributed by atoms with van der Waals surface area (Å²) in [6.07, 6.45) is 0. The molecule has 0 heterocycles. The lowest BCUT2D eigenvalue weighted by molar-refractivity contribution is 0.302. The molecule has 0 atom stereocenters. The van der Waals surface area contributed by atoms with Crippen LogP contribution in [0.5, 0.6) is 11.5 Å². The average Bonchev–Trinajstić information content (AvgIpc) is 2.45. The second kappa shape index (κ2) is 6.84. The normalized spacial score (nSPS) is 10.4. The lowest BCUT2D eigenvalue weighted by atomic mass is 10.2. The van der Waals surface area contributed by atoms with Gasteiger partial charge >= 0.3 is 0 Å². The summed E-state index contributed by atoms with van der Waals surface area (Å²) < 4.78 is 10.9. The third-order valence-electron chi connectivity index (χ3n) is 2.82. The van der Waals surface area contributed by atoms with E-state index in [4.69, 9.17) is 38.4 Å². The summed E-state index contributed by atoms with van der Waals surface area (Å²) in [7, 11) is 1.63. The third kappa shape index (κ3) is 3.57. The van der Waals surface area contributed by atoms with E-state index < -0.39 is 0 Å². The molecule has 3 nitrogen and oxygen atoms in total. The Morgan fingerprint density at radius 2 is 1.95 bits per heavy atom. The first-order chi connectivity index (χ1) is 9.63. The largest absolute Gasteiger partial charge is 0.497 e. The van der Waals surface area contributed by atoms with Gasteiger partial charge in [0, 0.05) is 17.1 Å². The topological polar surface area (TPSA) is 44.5 Å². The summed E-state index contributed by atoms with van der Waals surface area (Å²) in [6, 6.07) is 11.0. The van der Waals surface area contributed by atoms with E-state index in [1.165, 1.54) is 0 Å². The molecule has 0 aliphatic carbocycles. The zero-order valence-electron chi connectivity index (χ0n) is 11.0. The van der Waals surface area contributed by atoms with Crippen molar-refractivity contribution in [1.82, 2.24) is 0 Å². The molecule has 0 aromatic heterocycles. The van der Waals surface area contributed by atoms with Gasteiger partial charge in [-0.25, -0.2) is 0 Å². The van der Waals surface area contributed by atoms with Crippen molar-refractivity contribution in [3.05, 3.63) is 57.6 Å². The van der Waals surface area contributed by atoms with Gasteiger partial charge < -0.3 is 15.2 Å². The van der Waals surface area contributed by atoms with Crippen LogP contribution >= 0.6 is 23.2 Å². The molecule has 2 N–H and O–H groups in total. The number of nitrogens with two attached hydrogens (primary N) is 1. The molecule has 2 aromatic carbocycles. The number of hydrogen-bond donors (Lipinski definition) is 1. The van der Waals surface area contributed by atoms with Crippen molar-refractivity contribution in [2.45, 2.75) is 13.2 Å². The van der Waals surface area contributed by atoms with Gasteiger partial charge in [-0.2, -0.15) is 0 Å². The Morgan fingerprint density at radius 3 is 2.65 bits per heavy atom. The summed E-state index contributed by atoms with van der Waals surface area (Å²) in [5.41, 5.74) is 7.45. The Morgan fingerprint density at radius 1 is 1.15 bits per heavy atom. The molecular weight excluding hydrogens is 297 g/mol. The van der Waals surface area contributed by atoms with Gasteiger partial charge in [0.15, 0.2) is 0 Å². The van der Waals surface area contributed by atoms with Gasteiger partial charge in [-0.1, -0.05) is 35.3 Å². The van der Waals surface area contributed by atoms with Gasteiger partial charge in [0.2, 0.25) is 0 Å². The highest BCUT2D eigenvalue weighted by Crippen LogP contribution is 2.33. The van der Waals surface area contributed by atoms with Crippen LogP contribution in [0.2, 0.25) is 10.0 Å². The number of benzene rings is 2. The standard InChI is InChI=1S/C15H15Cl2NO2/c1-19-13-4-2-3-10(5-13)9-20-15-11(8-18)6-12(16)7-14(15)17/h2-7H,8-9,18H2,1H3. The molecule has 0 saturated heterocycles.